The van der Waals surface area contributed by atoms with Gasteiger partial charge in [-0.25, -0.2) is 9.76 Å². The van der Waals surface area contributed by atoms with Crippen LogP contribution < -0.4 is 5.09 Å². The lowest BCUT2D eigenvalue weighted by molar-refractivity contribution is 0.320. The summed E-state index contributed by atoms with van der Waals surface area (Å²) in [4.78, 5) is 10.4. The van der Waals surface area contributed by atoms with Crippen LogP contribution >= 0.6 is 7.67 Å². The first-order chi connectivity index (χ1) is 11.6. The Balaban J connectivity index is 4.19. The molecule has 0 spiro atoms. The quantitative estimate of drug-likeness (QED) is 0.228. The minimum absolute atomic E-state index is 0.650. The van der Waals surface area contributed by atoms with Crippen LogP contribution in [0.1, 0.15) is 104 Å². The van der Waals surface area contributed by atoms with Gasteiger partial charge in [0.05, 0.1) is 0 Å². The van der Waals surface area contributed by atoms with Gasteiger partial charge >= 0.3 is 7.67 Å². The van der Waals surface area contributed by atoms with E-state index in [2.05, 4.69) is 25.9 Å². The topological polar surface area (TPSA) is 52.6 Å². The van der Waals surface area contributed by atoms with Crippen LogP contribution in [0.5, 0.6) is 0 Å². The average Bonchev–Trinajstić information content (AvgIpc) is 2.56. The number of nitrogens with one attached hydrogen (secondary N) is 1. The summed E-state index contributed by atoms with van der Waals surface area (Å²) < 4.78 is 14.5. The van der Waals surface area contributed by atoms with Crippen molar-refractivity contribution in [1.29, 1.82) is 0 Å². The zero-order valence-corrected chi connectivity index (χ0v) is 17.5. The van der Waals surface area contributed by atoms with Crippen LogP contribution in [-0.2, 0) is 4.57 Å². The Hall–Kier alpha value is 0.110. The molecule has 0 bridgehead atoms. The third-order valence-electron chi connectivity index (χ3n) is 4.52. The van der Waals surface area contributed by atoms with E-state index in [1.54, 1.807) is 0 Å². The molecule has 4 nitrogen and oxygen atoms in total. The van der Waals surface area contributed by atoms with Crippen molar-refractivity contribution in [2.24, 2.45) is 0 Å². The van der Waals surface area contributed by atoms with Crippen molar-refractivity contribution < 1.29 is 9.46 Å². The van der Waals surface area contributed by atoms with Gasteiger partial charge in [0.25, 0.3) is 0 Å². The fraction of sp³-hybridized carbons (Fsp3) is 1.00. The lowest BCUT2D eigenvalue weighted by Crippen LogP contribution is -2.30. The van der Waals surface area contributed by atoms with Crippen LogP contribution in [0, 0.1) is 0 Å². The fourth-order valence-corrected chi connectivity index (χ4v) is 4.35. The molecular weight excluding hydrogens is 319 g/mol. The minimum atomic E-state index is -3.37. The van der Waals surface area contributed by atoms with Gasteiger partial charge in [-0.15, -0.1) is 0 Å². The summed E-state index contributed by atoms with van der Waals surface area (Å²) in [5, 5.41) is 2.95. The maximum atomic E-state index is 12.7. The Bertz CT molecular complexity index is 314. The van der Waals surface area contributed by atoms with Crippen LogP contribution in [-0.4, -0.2) is 29.2 Å². The van der Waals surface area contributed by atoms with E-state index in [9.17, 15) is 9.46 Å². The van der Waals surface area contributed by atoms with Crippen molar-refractivity contribution >= 4 is 7.67 Å². The molecule has 5 heteroatoms. The second-order valence-electron chi connectivity index (χ2n) is 6.94. The van der Waals surface area contributed by atoms with Crippen molar-refractivity contribution in [1.82, 2.24) is 9.76 Å². The van der Waals surface area contributed by atoms with E-state index < -0.39 is 7.67 Å². The van der Waals surface area contributed by atoms with E-state index in [0.717, 1.165) is 58.0 Å². The molecule has 0 aliphatic carbocycles. The molecule has 0 rings (SSSR count). The van der Waals surface area contributed by atoms with E-state index in [1.165, 1.54) is 38.5 Å². The van der Waals surface area contributed by atoms with Crippen LogP contribution in [0.3, 0.4) is 0 Å². The van der Waals surface area contributed by atoms with Gasteiger partial charge in [0.15, 0.2) is 0 Å². The van der Waals surface area contributed by atoms with E-state index >= 15 is 0 Å². The smallest absolute Gasteiger partial charge is 0.322 e. The number of unbranched alkanes of at least 4 members (excludes halogenated alkanes) is 10. The van der Waals surface area contributed by atoms with E-state index in [-0.39, 0.29) is 0 Å². The highest BCUT2D eigenvalue weighted by molar-refractivity contribution is 7.53. The molecule has 0 heterocycles. The molecule has 0 fully saturated rings. The van der Waals surface area contributed by atoms with Gasteiger partial charge in [-0.05, 0) is 19.3 Å². The first kappa shape index (κ1) is 24.1. The summed E-state index contributed by atoms with van der Waals surface area (Å²) >= 11 is 0. The number of hydrogen-bond acceptors (Lipinski definition) is 1. The van der Waals surface area contributed by atoms with Crippen molar-refractivity contribution in [3.63, 3.8) is 0 Å². The molecule has 0 aliphatic rings. The molecule has 2 N–H and O–H groups in total. The molecule has 0 saturated carbocycles. The number of rotatable bonds is 18. The molecule has 0 saturated heterocycles. The highest BCUT2D eigenvalue weighted by atomic mass is 31.2. The number of hydrogen-bond donors (Lipinski definition) is 2. The molecule has 0 aliphatic heterocycles. The molecule has 0 aromatic heterocycles. The molecule has 1 unspecified atom stereocenters. The lowest BCUT2D eigenvalue weighted by atomic mass is 10.1. The first-order valence-corrected chi connectivity index (χ1v) is 12.0. The van der Waals surface area contributed by atoms with E-state index in [1.807, 2.05) is 4.67 Å². The molecule has 1 atom stereocenters. The Morgan fingerprint density at radius 1 is 0.708 bits per heavy atom. The average molecular weight is 363 g/mol. The largest absolute Gasteiger partial charge is 0.340 e. The highest BCUT2D eigenvalue weighted by Crippen LogP contribution is 2.41. The molecule has 0 radical (unpaired) electrons. The Morgan fingerprint density at radius 2 is 1.12 bits per heavy atom. The van der Waals surface area contributed by atoms with E-state index in [0.29, 0.717) is 6.54 Å². The van der Waals surface area contributed by atoms with Crippen molar-refractivity contribution in [2.45, 2.75) is 104 Å². The molecule has 0 aromatic rings. The second kappa shape index (κ2) is 16.6. The molecule has 146 valence electrons. The van der Waals surface area contributed by atoms with E-state index in [4.69, 9.17) is 0 Å². The SMILES string of the molecule is CCCCCCCNP(=O)(O)N(CCCCC)CCCCCCC. The third kappa shape index (κ3) is 13.4. The molecular formula is C19H43N2O2P. The van der Waals surface area contributed by atoms with Crippen LogP contribution in [0.15, 0.2) is 0 Å². The maximum absolute atomic E-state index is 12.7. The van der Waals surface area contributed by atoms with Crippen LogP contribution in [0.4, 0.5) is 0 Å². The minimum Gasteiger partial charge on any atom is -0.322 e. The van der Waals surface area contributed by atoms with Crippen molar-refractivity contribution in [3.8, 4) is 0 Å². The standard InChI is InChI=1S/C19H43N2O2P/c1-4-7-10-12-14-17-20-24(22,23)21(18-15-9-6-3)19-16-13-11-8-5-2/h4-19H2,1-3H3,(H2,20,22,23). The van der Waals surface area contributed by atoms with Gasteiger partial charge in [-0.2, -0.15) is 0 Å². The van der Waals surface area contributed by atoms with Gasteiger partial charge in [-0.3, -0.25) is 4.57 Å². The summed E-state index contributed by atoms with van der Waals surface area (Å²) in [7, 11) is -3.37. The van der Waals surface area contributed by atoms with Crippen LogP contribution in [0.2, 0.25) is 0 Å². The summed E-state index contributed by atoms with van der Waals surface area (Å²) in [6.07, 6.45) is 15.1. The maximum Gasteiger partial charge on any atom is 0.340 e. The van der Waals surface area contributed by atoms with Gasteiger partial charge in [-0.1, -0.05) is 85.0 Å². The van der Waals surface area contributed by atoms with Crippen molar-refractivity contribution in [2.75, 3.05) is 19.6 Å². The zero-order valence-electron chi connectivity index (χ0n) is 16.6. The highest BCUT2D eigenvalue weighted by Gasteiger charge is 2.26. The summed E-state index contributed by atoms with van der Waals surface area (Å²) in [5.74, 6) is 0. The first-order valence-electron chi connectivity index (χ1n) is 10.4. The van der Waals surface area contributed by atoms with Gasteiger partial charge in [0.2, 0.25) is 0 Å². The number of nitrogens with zero attached hydrogens (tertiary/aromatic N) is 1. The Morgan fingerprint density at radius 3 is 1.67 bits per heavy atom. The fourth-order valence-electron chi connectivity index (χ4n) is 2.88. The lowest BCUT2D eigenvalue weighted by Gasteiger charge is -2.28. The summed E-state index contributed by atoms with van der Waals surface area (Å²) in [6, 6.07) is 0. The predicted octanol–water partition coefficient (Wildman–Crippen LogP) is 6.11. The normalized spacial score (nSPS) is 14.2. The van der Waals surface area contributed by atoms with Gasteiger partial charge in [0, 0.05) is 19.6 Å². The Kier molecular flexibility index (Phi) is 16.6. The molecule has 24 heavy (non-hydrogen) atoms. The molecule has 0 aromatic carbocycles. The Labute approximate surface area is 151 Å². The second-order valence-corrected chi connectivity index (χ2v) is 8.91. The van der Waals surface area contributed by atoms with Crippen molar-refractivity contribution in [3.05, 3.63) is 0 Å². The predicted molar refractivity (Wildman–Crippen MR) is 106 cm³/mol. The summed E-state index contributed by atoms with van der Waals surface area (Å²) in [6.45, 7) is 8.71. The zero-order chi connectivity index (χ0) is 18.1. The summed E-state index contributed by atoms with van der Waals surface area (Å²) in [5.41, 5.74) is 0. The van der Waals surface area contributed by atoms with Gasteiger partial charge < -0.3 is 4.89 Å². The van der Waals surface area contributed by atoms with Gasteiger partial charge in [0.1, 0.15) is 0 Å². The molecule has 0 amide bonds. The van der Waals surface area contributed by atoms with Crippen LogP contribution in [0.25, 0.3) is 0 Å². The monoisotopic (exact) mass is 362 g/mol. The third-order valence-corrected chi connectivity index (χ3v) is 6.32.